The first-order valence-electron chi connectivity index (χ1n) is 3.92. The predicted molar refractivity (Wildman–Crippen MR) is 52.0 cm³/mol. The van der Waals surface area contributed by atoms with Crippen LogP contribution in [0, 0.1) is 22.0 Å². The lowest BCUT2D eigenvalue weighted by molar-refractivity contribution is -0.389. The first-order chi connectivity index (χ1) is 6.65. The van der Waals surface area contributed by atoms with Crippen molar-refractivity contribution in [2.75, 3.05) is 0 Å². The highest BCUT2D eigenvalue weighted by Crippen LogP contribution is 2.21. The van der Waals surface area contributed by atoms with E-state index in [-0.39, 0.29) is 10.8 Å². The van der Waals surface area contributed by atoms with E-state index in [1.165, 1.54) is 10.9 Å². The molecule has 0 unspecified atom stereocenters. The minimum atomic E-state index is -0.607. The van der Waals surface area contributed by atoms with Crippen LogP contribution < -0.4 is 0 Å². The molecule has 6 heteroatoms. The molecule has 0 saturated heterocycles. The molecule has 0 spiro atoms. The molecule has 0 aliphatic carbocycles. The molecular weight excluding hydrogens is 206 g/mol. The molecule has 0 bridgehead atoms. The van der Waals surface area contributed by atoms with Gasteiger partial charge in [-0.3, -0.25) is 0 Å². The summed E-state index contributed by atoms with van der Waals surface area (Å²) in [6, 6.07) is 0. The fourth-order valence-corrected chi connectivity index (χ4v) is 1.14. The summed E-state index contributed by atoms with van der Waals surface area (Å²) in [6.07, 6.45) is 2.03. The van der Waals surface area contributed by atoms with Crippen LogP contribution in [-0.4, -0.2) is 14.7 Å². The zero-order chi connectivity index (χ0) is 10.6. The highest BCUT2D eigenvalue weighted by atomic mass is 35.5. The molecule has 74 valence electrons. The van der Waals surface area contributed by atoms with Crippen molar-refractivity contribution in [3.63, 3.8) is 0 Å². The van der Waals surface area contributed by atoms with E-state index in [0.717, 1.165) is 0 Å². The number of halogens is 1. The molecule has 5 nitrogen and oxygen atoms in total. The molecule has 0 saturated carbocycles. The first kappa shape index (κ1) is 10.5. The van der Waals surface area contributed by atoms with Crippen LogP contribution in [0.4, 0.5) is 5.82 Å². The number of nitrogens with zero attached hydrogens (tertiary/aromatic N) is 3. The molecule has 0 amide bonds. The van der Waals surface area contributed by atoms with Crippen LogP contribution in [0.1, 0.15) is 13.3 Å². The van der Waals surface area contributed by atoms with E-state index >= 15 is 0 Å². The summed E-state index contributed by atoms with van der Waals surface area (Å²) in [6.45, 7) is 2.24. The molecule has 1 aromatic heterocycles. The Morgan fingerprint density at radius 1 is 1.79 bits per heavy atom. The van der Waals surface area contributed by atoms with Crippen molar-refractivity contribution in [2.24, 2.45) is 0 Å². The van der Waals surface area contributed by atoms with Gasteiger partial charge in [0.2, 0.25) is 0 Å². The van der Waals surface area contributed by atoms with E-state index in [1.807, 2.05) is 0 Å². The average molecular weight is 214 g/mol. The topological polar surface area (TPSA) is 61.0 Å². The van der Waals surface area contributed by atoms with Crippen molar-refractivity contribution >= 4 is 17.4 Å². The Morgan fingerprint density at radius 2 is 2.50 bits per heavy atom. The Bertz CT molecular complexity index is 402. The molecule has 0 aliphatic heterocycles. The third kappa shape index (κ3) is 2.47. The van der Waals surface area contributed by atoms with Gasteiger partial charge in [-0.05, 0) is 11.8 Å². The van der Waals surface area contributed by atoms with Crippen LogP contribution in [0.3, 0.4) is 0 Å². The summed E-state index contributed by atoms with van der Waals surface area (Å²) >= 11 is 5.59. The van der Waals surface area contributed by atoms with Crippen LogP contribution >= 0.6 is 11.6 Å². The van der Waals surface area contributed by atoms with E-state index in [0.29, 0.717) is 13.0 Å². The van der Waals surface area contributed by atoms with Crippen LogP contribution in [0.15, 0.2) is 6.20 Å². The van der Waals surface area contributed by atoms with Gasteiger partial charge in [0.15, 0.2) is 5.02 Å². The number of hydrogen-bond donors (Lipinski definition) is 0. The molecule has 1 rings (SSSR count). The summed E-state index contributed by atoms with van der Waals surface area (Å²) < 4.78 is 1.42. The molecule has 0 atom stereocenters. The van der Waals surface area contributed by atoms with E-state index in [2.05, 4.69) is 16.9 Å². The molecule has 0 aliphatic rings. The lowest BCUT2D eigenvalue weighted by Crippen LogP contribution is -1.98. The summed E-state index contributed by atoms with van der Waals surface area (Å²) in [5, 5.41) is 14.1. The van der Waals surface area contributed by atoms with Gasteiger partial charge >= 0.3 is 5.82 Å². The van der Waals surface area contributed by atoms with Gasteiger partial charge in [-0.15, -0.1) is 11.8 Å². The highest BCUT2D eigenvalue weighted by molar-refractivity contribution is 6.32. The van der Waals surface area contributed by atoms with Crippen LogP contribution in [0.25, 0.3) is 0 Å². The normalized spacial score (nSPS) is 9.29. The number of hydrogen-bond acceptors (Lipinski definition) is 3. The van der Waals surface area contributed by atoms with Gasteiger partial charge < -0.3 is 10.1 Å². The highest BCUT2D eigenvalue weighted by Gasteiger charge is 2.18. The standard InChI is InChI=1S/C8H8ClN3O2/c1-2-3-4-5-11-6-7(9)8(10-11)12(13)14/h6H,4-5H2,1H3. The second kappa shape index (κ2) is 4.63. The molecular formula is C8H8ClN3O2. The Morgan fingerprint density at radius 3 is 3.00 bits per heavy atom. The van der Waals surface area contributed by atoms with Crippen LogP contribution in [-0.2, 0) is 6.54 Å². The summed E-state index contributed by atoms with van der Waals surface area (Å²) in [5.41, 5.74) is 0. The third-order valence-corrected chi connectivity index (χ3v) is 1.78. The second-order valence-corrected chi connectivity index (χ2v) is 2.90. The SMILES string of the molecule is CC#CCCn1cc(Cl)c([N+](=O)[O-])n1. The molecule has 1 aromatic rings. The maximum absolute atomic E-state index is 10.4. The summed E-state index contributed by atoms with van der Waals surface area (Å²) in [5.74, 6) is 5.25. The number of aromatic nitrogens is 2. The van der Waals surface area contributed by atoms with Crippen molar-refractivity contribution in [3.8, 4) is 11.8 Å². The Balaban J connectivity index is 2.74. The zero-order valence-corrected chi connectivity index (χ0v) is 8.28. The van der Waals surface area contributed by atoms with Crippen LogP contribution in [0.5, 0.6) is 0 Å². The number of aryl methyl sites for hydroxylation is 1. The molecule has 1 heterocycles. The summed E-state index contributed by atoms with van der Waals surface area (Å²) in [7, 11) is 0. The quantitative estimate of drug-likeness (QED) is 0.437. The van der Waals surface area contributed by atoms with Gasteiger partial charge in [0.05, 0.1) is 17.8 Å². The van der Waals surface area contributed by atoms with Crippen molar-refractivity contribution in [2.45, 2.75) is 19.9 Å². The fraction of sp³-hybridized carbons (Fsp3) is 0.375. The van der Waals surface area contributed by atoms with E-state index in [4.69, 9.17) is 11.6 Å². The molecule has 0 N–H and O–H groups in total. The van der Waals surface area contributed by atoms with Crippen molar-refractivity contribution in [1.29, 1.82) is 0 Å². The molecule has 0 aromatic carbocycles. The average Bonchev–Trinajstić information content (AvgIpc) is 2.47. The monoisotopic (exact) mass is 213 g/mol. The van der Waals surface area contributed by atoms with Gasteiger partial charge in [-0.2, -0.15) is 4.68 Å². The Hall–Kier alpha value is -1.54. The van der Waals surface area contributed by atoms with Gasteiger partial charge in [-0.25, -0.2) is 0 Å². The molecule has 0 fully saturated rings. The first-order valence-corrected chi connectivity index (χ1v) is 4.30. The third-order valence-electron chi connectivity index (χ3n) is 1.51. The number of rotatable bonds is 3. The van der Waals surface area contributed by atoms with E-state index < -0.39 is 4.92 Å². The van der Waals surface area contributed by atoms with Gasteiger partial charge in [0, 0.05) is 6.42 Å². The second-order valence-electron chi connectivity index (χ2n) is 2.50. The van der Waals surface area contributed by atoms with Gasteiger partial charge in [0.1, 0.15) is 0 Å². The van der Waals surface area contributed by atoms with Crippen LogP contribution in [0.2, 0.25) is 5.02 Å². The lowest BCUT2D eigenvalue weighted by atomic mass is 10.4. The maximum Gasteiger partial charge on any atom is 0.408 e. The van der Waals surface area contributed by atoms with Gasteiger partial charge in [0.25, 0.3) is 0 Å². The lowest BCUT2D eigenvalue weighted by Gasteiger charge is -1.88. The molecule has 0 radical (unpaired) electrons. The largest absolute Gasteiger partial charge is 0.408 e. The minimum Gasteiger partial charge on any atom is -0.358 e. The fourth-order valence-electron chi connectivity index (χ4n) is 0.921. The van der Waals surface area contributed by atoms with Gasteiger partial charge in [-0.1, -0.05) is 11.6 Å². The van der Waals surface area contributed by atoms with E-state index in [1.54, 1.807) is 6.92 Å². The predicted octanol–water partition coefficient (Wildman–Crippen LogP) is 1.86. The Kier molecular flexibility index (Phi) is 3.48. The van der Waals surface area contributed by atoms with Crippen molar-refractivity contribution < 1.29 is 4.92 Å². The van der Waals surface area contributed by atoms with E-state index in [9.17, 15) is 10.1 Å². The maximum atomic E-state index is 10.4. The van der Waals surface area contributed by atoms with Crippen molar-refractivity contribution in [3.05, 3.63) is 21.3 Å². The van der Waals surface area contributed by atoms with Crippen molar-refractivity contribution in [1.82, 2.24) is 9.78 Å². The molecule has 14 heavy (non-hydrogen) atoms. The Labute approximate surface area is 85.8 Å². The number of nitro groups is 1. The zero-order valence-electron chi connectivity index (χ0n) is 7.53. The smallest absolute Gasteiger partial charge is 0.358 e. The summed E-state index contributed by atoms with van der Waals surface area (Å²) in [4.78, 5) is 9.78. The minimum absolute atomic E-state index is 0.0551.